The highest BCUT2D eigenvalue weighted by Gasteiger charge is 2.32. The van der Waals surface area contributed by atoms with E-state index in [1.807, 2.05) is 19.0 Å². The molecule has 8 heteroatoms. The fourth-order valence-corrected chi connectivity index (χ4v) is 3.90. The minimum atomic E-state index is -3.98. The first-order valence-electron chi connectivity index (χ1n) is 7.92. The molecule has 136 valence electrons. The monoisotopic (exact) mass is 360 g/mol. The Morgan fingerprint density at radius 3 is 2.88 bits per heavy atom. The highest BCUT2D eigenvalue weighted by atomic mass is 32.2. The van der Waals surface area contributed by atoms with Crippen LogP contribution in [-0.2, 0) is 19.5 Å². The van der Waals surface area contributed by atoms with Gasteiger partial charge in [-0.25, -0.2) is 17.5 Å². The zero-order valence-electron chi connectivity index (χ0n) is 14.3. The van der Waals surface area contributed by atoms with Crippen molar-refractivity contribution in [3.63, 3.8) is 0 Å². The fraction of sp³-hybridized carbons (Fsp3) is 0.625. The maximum atomic E-state index is 13.9. The van der Waals surface area contributed by atoms with Crippen LogP contribution < -0.4 is 4.72 Å². The molecular formula is C16H25FN2O4S. The van der Waals surface area contributed by atoms with E-state index in [0.29, 0.717) is 25.2 Å². The second-order valence-electron chi connectivity index (χ2n) is 6.24. The Balaban J connectivity index is 2.09. The molecular weight excluding hydrogens is 335 g/mol. The first kappa shape index (κ1) is 19.3. The Hall–Kier alpha value is -1.06. The predicted molar refractivity (Wildman–Crippen MR) is 89.0 cm³/mol. The molecule has 0 aliphatic carbocycles. The average molecular weight is 360 g/mol. The van der Waals surface area contributed by atoms with Gasteiger partial charge in [0.25, 0.3) is 0 Å². The molecule has 1 aromatic rings. The van der Waals surface area contributed by atoms with E-state index in [1.54, 1.807) is 6.92 Å². The summed E-state index contributed by atoms with van der Waals surface area (Å²) in [4.78, 5) is 1.64. The number of halogens is 1. The third-order valence-electron chi connectivity index (χ3n) is 3.85. The number of hydrogen-bond donors (Lipinski definition) is 1. The van der Waals surface area contributed by atoms with Gasteiger partial charge in [0.1, 0.15) is 10.7 Å². The molecule has 0 bridgehead atoms. The molecule has 1 aromatic carbocycles. The predicted octanol–water partition coefficient (Wildman–Crippen LogP) is 1.15. The molecule has 0 unspecified atom stereocenters. The summed E-state index contributed by atoms with van der Waals surface area (Å²) in [7, 11) is -0.106. The van der Waals surface area contributed by atoms with E-state index >= 15 is 0 Å². The molecule has 2 atom stereocenters. The topological polar surface area (TPSA) is 67.9 Å². The Morgan fingerprint density at radius 2 is 2.17 bits per heavy atom. The standard InChI is InChI=1S/C16H25FN2O4S/c1-12-4-5-13(17)16(10-12)24(20,21)18-14-11-22-8-6-15(14)23-9-7-19(2)3/h4-5,10,14-15,18H,6-9,11H2,1-3H3/t14-,15+/m1/s1. The highest BCUT2D eigenvalue weighted by molar-refractivity contribution is 7.89. The van der Waals surface area contributed by atoms with Crippen molar-refractivity contribution in [3.05, 3.63) is 29.6 Å². The summed E-state index contributed by atoms with van der Waals surface area (Å²) in [6.45, 7) is 3.68. The van der Waals surface area contributed by atoms with Gasteiger partial charge in [0.15, 0.2) is 0 Å². The van der Waals surface area contributed by atoms with E-state index in [9.17, 15) is 12.8 Å². The lowest BCUT2D eigenvalue weighted by atomic mass is 10.1. The molecule has 24 heavy (non-hydrogen) atoms. The lowest BCUT2D eigenvalue weighted by Gasteiger charge is -2.32. The van der Waals surface area contributed by atoms with Gasteiger partial charge in [-0.3, -0.25) is 0 Å². The van der Waals surface area contributed by atoms with Crippen molar-refractivity contribution >= 4 is 10.0 Å². The molecule has 1 saturated heterocycles. The molecule has 2 rings (SSSR count). The first-order valence-corrected chi connectivity index (χ1v) is 9.40. The summed E-state index contributed by atoms with van der Waals surface area (Å²) < 4.78 is 52.7. The van der Waals surface area contributed by atoms with E-state index in [0.717, 1.165) is 12.6 Å². The molecule has 0 saturated carbocycles. The number of aryl methyl sites for hydroxylation is 1. The molecule has 1 aliphatic rings. The van der Waals surface area contributed by atoms with Crippen LogP contribution in [0.1, 0.15) is 12.0 Å². The summed E-state index contributed by atoms with van der Waals surface area (Å²) in [5, 5.41) is 0. The maximum Gasteiger partial charge on any atom is 0.243 e. The molecule has 1 aliphatic heterocycles. The summed E-state index contributed by atoms with van der Waals surface area (Å²) in [5.74, 6) is -0.769. The number of nitrogens with one attached hydrogen (secondary N) is 1. The molecule has 0 radical (unpaired) electrons. The molecule has 0 spiro atoms. The zero-order chi connectivity index (χ0) is 17.7. The van der Waals surface area contributed by atoms with Crippen LogP contribution in [0.25, 0.3) is 0 Å². The normalized spacial score (nSPS) is 22.0. The van der Waals surface area contributed by atoms with Gasteiger partial charge >= 0.3 is 0 Å². The Morgan fingerprint density at radius 1 is 1.42 bits per heavy atom. The first-order chi connectivity index (χ1) is 11.3. The van der Waals surface area contributed by atoms with Gasteiger partial charge in [-0.2, -0.15) is 0 Å². The second kappa shape index (κ2) is 8.35. The number of likely N-dealkylation sites (N-methyl/N-ethyl adjacent to an activating group) is 1. The lowest BCUT2D eigenvalue weighted by molar-refractivity contribution is -0.0527. The van der Waals surface area contributed by atoms with Crippen LogP contribution in [0.4, 0.5) is 4.39 Å². The number of sulfonamides is 1. The SMILES string of the molecule is Cc1ccc(F)c(S(=O)(=O)N[C@@H]2COCC[C@@H]2OCCN(C)C)c1. The van der Waals surface area contributed by atoms with Crippen LogP contribution in [0.5, 0.6) is 0 Å². The molecule has 1 heterocycles. The van der Waals surface area contributed by atoms with E-state index in [2.05, 4.69) is 4.72 Å². The smallest absolute Gasteiger partial charge is 0.243 e. The van der Waals surface area contributed by atoms with Crippen LogP contribution in [0.2, 0.25) is 0 Å². The van der Waals surface area contributed by atoms with E-state index in [-0.39, 0.29) is 17.6 Å². The van der Waals surface area contributed by atoms with Gasteiger partial charge < -0.3 is 14.4 Å². The number of ether oxygens (including phenoxy) is 2. The Labute approximate surface area is 143 Å². The van der Waals surface area contributed by atoms with Crippen molar-refractivity contribution in [1.82, 2.24) is 9.62 Å². The lowest BCUT2D eigenvalue weighted by Crippen LogP contribution is -2.51. The van der Waals surface area contributed by atoms with E-state index < -0.39 is 21.9 Å². The van der Waals surface area contributed by atoms with E-state index in [4.69, 9.17) is 9.47 Å². The van der Waals surface area contributed by atoms with Crippen LogP contribution in [0.3, 0.4) is 0 Å². The molecule has 0 aromatic heterocycles. The Bertz CT molecular complexity index is 651. The highest BCUT2D eigenvalue weighted by Crippen LogP contribution is 2.19. The fourth-order valence-electron chi connectivity index (χ4n) is 2.49. The van der Waals surface area contributed by atoms with Crippen molar-refractivity contribution in [2.75, 3.05) is 40.5 Å². The minimum Gasteiger partial charge on any atom is -0.380 e. The quantitative estimate of drug-likeness (QED) is 0.790. The average Bonchev–Trinajstić information content (AvgIpc) is 2.50. The third-order valence-corrected chi connectivity index (χ3v) is 5.35. The maximum absolute atomic E-state index is 13.9. The van der Waals surface area contributed by atoms with Crippen LogP contribution >= 0.6 is 0 Å². The largest absolute Gasteiger partial charge is 0.380 e. The minimum absolute atomic E-state index is 0.208. The van der Waals surface area contributed by atoms with Gasteiger partial charge in [-0.05, 0) is 45.1 Å². The second-order valence-corrected chi connectivity index (χ2v) is 7.92. The van der Waals surface area contributed by atoms with Crippen molar-refractivity contribution < 1.29 is 22.3 Å². The van der Waals surface area contributed by atoms with Gasteiger partial charge in [0.2, 0.25) is 10.0 Å². The Kier molecular flexibility index (Phi) is 6.70. The molecule has 0 amide bonds. The number of nitrogens with zero attached hydrogens (tertiary/aromatic N) is 1. The summed E-state index contributed by atoms with van der Waals surface area (Å²) >= 11 is 0. The van der Waals surface area contributed by atoms with Gasteiger partial charge in [-0.15, -0.1) is 0 Å². The van der Waals surface area contributed by atoms with Crippen LogP contribution in [0, 0.1) is 12.7 Å². The van der Waals surface area contributed by atoms with Gasteiger partial charge in [-0.1, -0.05) is 6.07 Å². The van der Waals surface area contributed by atoms with Gasteiger partial charge in [0, 0.05) is 13.2 Å². The van der Waals surface area contributed by atoms with Crippen LogP contribution in [0.15, 0.2) is 23.1 Å². The number of rotatable bonds is 7. The molecule has 6 nitrogen and oxygen atoms in total. The van der Waals surface area contributed by atoms with Gasteiger partial charge in [0.05, 0.1) is 25.4 Å². The third kappa shape index (κ3) is 5.22. The summed E-state index contributed by atoms with van der Waals surface area (Å²) in [6.07, 6.45) is 0.304. The van der Waals surface area contributed by atoms with Crippen molar-refractivity contribution in [2.24, 2.45) is 0 Å². The summed E-state index contributed by atoms with van der Waals surface area (Å²) in [6, 6.07) is 3.48. The molecule has 1 fully saturated rings. The van der Waals surface area contributed by atoms with Crippen LogP contribution in [-0.4, -0.2) is 65.9 Å². The number of benzene rings is 1. The zero-order valence-corrected chi connectivity index (χ0v) is 15.1. The summed E-state index contributed by atoms with van der Waals surface area (Å²) in [5.41, 5.74) is 0.676. The number of hydrogen-bond acceptors (Lipinski definition) is 5. The van der Waals surface area contributed by atoms with Crippen molar-refractivity contribution in [3.8, 4) is 0 Å². The van der Waals surface area contributed by atoms with Crippen molar-refractivity contribution in [1.29, 1.82) is 0 Å². The van der Waals surface area contributed by atoms with Crippen molar-refractivity contribution in [2.45, 2.75) is 30.4 Å². The van der Waals surface area contributed by atoms with E-state index in [1.165, 1.54) is 12.1 Å². The molecule has 1 N–H and O–H groups in total.